The minimum atomic E-state index is -3.84. The van der Waals surface area contributed by atoms with E-state index >= 15 is 0 Å². The van der Waals surface area contributed by atoms with Gasteiger partial charge in [0.1, 0.15) is 5.75 Å². The van der Waals surface area contributed by atoms with Crippen LogP contribution in [0.4, 0.5) is 5.69 Å². The molecule has 8 nitrogen and oxygen atoms in total. The van der Waals surface area contributed by atoms with Gasteiger partial charge in [-0.1, -0.05) is 29.8 Å². The van der Waals surface area contributed by atoms with Gasteiger partial charge in [-0.3, -0.25) is 4.79 Å². The number of hydrogen-bond acceptors (Lipinski definition) is 7. The summed E-state index contributed by atoms with van der Waals surface area (Å²) in [5, 5.41) is 11.7. The number of nitrogens with zero attached hydrogens (tertiary/aromatic N) is 1. The van der Waals surface area contributed by atoms with E-state index in [-0.39, 0.29) is 22.8 Å². The molecule has 0 unspecified atom stereocenters. The van der Waals surface area contributed by atoms with E-state index in [9.17, 15) is 18.3 Å². The van der Waals surface area contributed by atoms with Crippen LogP contribution in [0.5, 0.6) is 5.75 Å². The van der Waals surface area contributed by atoms with Crippen LogP contribution in [0.1, 0.15) is 60.0 Å². The molecule has 4 aliphatic rings. The first-order chi connectivity index (χ1) is 21.0. The first kappa shape index (κ1) is 31.1. The van der Waals surface area contributed by atoms with Gasteiger partial charge in [-0.2, -0.15) is 0 Å². The number of rotatable bonds is 8. The van der Waals surface area contributed by atoms with E-state index in [4.69, 9.17) is 21.1 Å². The summed E-state index contributed by atoms with van der Waals surface area (Å²) in [6, 6.07) is 11.3. The predicted octanol–water partition coefficient (Wildman–Crippen LogP) is 5.18. The Hall–Kier alpha value is -2.85. The molecule has 44 heavy (non-hydrogen) atoms. The van der Waals surface area contributed by atoms with Crippen molar-refractivity contribution in [3.63, 3.8) is 0 Å². The van der Waals surface area contributed by atoms with Crippen molar-refractivity contribution in [2.45, 2.75) is 62.1 Å². The molecular formula is C34H41ClN2O6S. The lowest BCUT2D eigenvalue weighted by atomic mass is 9.67. The molecule has 236 valence electrons. The number of halogens is 1. The van der Waals surface area contributed by atoms with Crippen molar-refractivity contribution in [2.75, 3.05) is 37.0 Å². The Labute approximate surface area is 265 Å². The standard InChI is InChI=1S/C34H41ClN2O6S/c1-3-16-44(40,41)36-32(38)24-8-12-30-29(18-24)37(20-25-7-10-27(25)31-19-34(39,4-2)14-15-42-31)21-33(22-43-30)13-5-6-23-17-26(35)9-11-28(23)33/h3-4,8-9,11-12,17-18,25,27,31,39H,1-2,5-7,10,13-16,19-22H2,(H,36,38)/t25-,27+,31+,33-,34+/m0/s1. The first-order valence-corrected chi connectivity index (χ1v) is 17.5. The topological polar surface area (TPSA) is 105 Å². The van der Waals surface area contributed by atoms with E-state index in [0.29, 0.717) is 50.2 Å². The second-order valence-electron chi connectivity index (χ2n) is 13.0. The number of carbonyl (C=O) groups excluding carboxylic acids is 1. The van der Waals surface area contributed by atoms with E-state index in [1.807, 2.05) is 6.07 Å². The third kappa shape index (κ3) is 6.16. The van der Waals surface area contributed by atoms with Crippen LogP contribution in [0.3, 0.4) is 0 Å². The summed E-state index contributed by atoms with van der Waals surface area (Å²) in [4.78, 5) is 15.4. The third-order valence-electron chi connectivity index (χ3n) is 10.1. The van der Waals surface area contributed by atoms with Gasteiger partial charge in [0, 0.05) is 41.9 Å². The maximum atomic E-state index is 13.1. The summed E-state index contributed by atoms with van der Waals surface area (Å²) >= 11 is 6.40. The van der Waals surface area contributed by atoms with Crippen molar-refractivity contribution in [1.82, 2.24) is 4.72 Å². The largest absolute Gasteiger partial charge is 0.490 e. The summed E-state index contributed by atoms with van der Waals surface area (Å²) in [7, 11) is -3.84. The number of benzene rings is 2. The first-order valence-electron chi connectivity index (χ1n) is 15.5. The molecule has 0 bridgehead atoms. The minimum Gasteiger partial charge on any atom is -0.490 e. The highest BCUT2D eigenvalue weighted by atomic mass is 35.5. The number of aliphatic hydroxyl groups is 1. The Morgan fingerprint density at radius 2 is 2.02 bits per heavy atom. The van der Waals surface area contributed by atoms with Crippen LogP contribution in [0, 0.1) is 11.8 Å². The highest BCUT2D eigenvalue weighted by molar-refractivity contribution is 7.90. The smallest absolute Gasteiger partial charge is 0.264 e. The second-order valence-corrected chi connectivity index (χ2v) is 15.2. The maximum absolute atomic E-state index is 13.1. The summed E-state index contributed by atoms with van der Waals surface area (Å²) in [5.74, 6) is 0.233. The van der Waals surface area contributed by atoms with Crippen molar-refractivity contribution < 1.29 is 27.8 Å². The lowest BCUT2D eigenvalue weighted by Crippen LogP contribution is -2.52. The van der Waals surface area contributed by atoms with E-state index in [2.05, 4.69) is 34.9 Å². The van der Waals surface area contributed by atoms with Gasteiger partial charge in [-0.05, 0) is 85.4 Å². The fraction of sp³-hybridized carbons (Fsp3) is 0.500. The van der Waals surface area contributed by atoms with Gasteiger partial charge < -0.3 is 19.5 Å². The van der Waals surface area contributed by atoms with Crippen LogP contribution >= 0.6 is 11.6 Å². The molecule has 2 fully saturated rings. The Balaban J connectivity index is 1.34. The molecule has 6 rings (SSSR count). The third-order valence-corrected chi connectivity index (χ3v) is 11.5. The SMILES string of the molecule is C=CCS(=O)(=O)NC(=O)c1ccc2c(c1)N(C[C@@H]1CC[C@H]1[C@H]1C[C@@](O)(C=C)CCO1)C[C@@]1(CCCc3cc(Cl)ccc31)CO2. The number of ether oxygens (including phenoxy) is 2. The highest BCUT2D eigenvalue weighted by Crippen LogP contribution is 2.48. The fourth-order valence-corrected chi connectivity index (χ4v) is 8.59. The number of carbonyl (C=O) groups is 1. The average Bonchev–Trinajstić information content (AvgIpc) is 3.12. The van der Waals surface area contributed by atoms with Crippen LogP contribution < -0.4 is 14.4 Å². The molecule has 1 saturated heterocycles. The van der Waals surface area contributed by atoms with Gasteiger partial charge in [0.2, 0.25) is 10.0 Å². The molecule has 0 aromatic heterocycles. The van der Waals surface area contributed by atoms with E-state index in [0.717, 1.165) is 49.4 Å². The molecule has 1 spiro atoms. The van der Waals surface area contributed by atoms with Crippen molar-refractivity contribution >= 4 is 33.2 Å². The summed E-state index contributed by atoms with van der Waals surface area (Å²) in [5.41, 5.74) is 2.32. The fourth-order valence-electron chi connectivity index (χ4n) is 7.60. The zero-order chi connectivity index (χ0) is 31.1. The second kappa shape index (κ2) is 12.2. The summed E-state index contributed by atoms with van der Waals surface area (Å²) in [6.07, 6.45) is 8.92. The molecule has 2 N–H and O–H groups in total. The molecule has 2 aliphatic carbocycles. The Morgan fingerprint density at radius 1 is 1.18 bits per heavy atom. The van der Waals surface area contributed by atoms with Gasteiger partial charge >= 0.3 is 0 Å². The van der Waals surface area contributed by atoms with Gasteiger partial charge in [0.15, 0.2) is 0 Å². The summed E-state index contributed by atoms with van der Waals surface area (Å²) < 4.78 is 39.6. The monoisotopic (exact) mass is 640 g/mol. The van der Waals surface area contributed by atoms with Crippen LogP contribution in [0.25, 0.3) is 0 Å². The van der Waals surface area contributed by atoms with Crippen LogP contribution in [0.2, 0.25) is 5.02 Å². The van der Waals surface area contributed by atoms with Crippen LogP contribution in [-0.4, -0.2) is 63.2 Å². The average molecular weight is 641 g/mol. The Kier molecular flexibility index (Phi) is 8.60. The number of anilines is 1. The molecule has 1 amide bonds. The number of nitrogens with one attached hydrogen (secondary N) is 1. The van der Waals surface area contributed by atoms with Crippen molar-refractivity contribution in [3.05, 3.63) is 83.4 Å². The summed E-state index contributed by atoms with van der Waals surface area (Å²) in [6.45, 7) is 9.72. The zero-order valence-corrected chi connectivity index (χ0v) is 26.5. The van der Waals surface area contributed by atoms with Gasteiger partial charge in [-0.25, -0.2) is 13.1 Å². The van der Waals surface area contributed by atoms with Gasteiger partial charge in [0.05, 0.1) is 36.4 Å². The number of sulfonamides is 1. The van der Waals surface area contributed by atoms with Gasteiger partial charge in [0.25, 0.3) is 5.91 Å². The molecule has 10 heteroatoms. The number of fused-ring (bicyclic) bond motifs is 3. The molecule has 5 atom stereocenters. The Bertz CT molecular complexity index is 1560. The van der Waals surface area contributed by atoms with E-state index in [1.165, 1.54) is 17.2 Å². The van der Waals surface area contributed by atoms with Crippen molar-refractivity contribution in [2.24, 2.45) is 11.8 Å². The Morgan fingerprint density at radius 3 is 2.77 bits per heavy atom. The molecule has 1 saturated carbocycles. The van der Waals surface area contributed by atoms with Gasteiger partial charge in [-0.15, -0.1) is 13.2 Å². The molecular weight excluding hydrogens is 600 g/mol. The molecule has 0 radical (unpaired) electrons. The quantitative estimate of drug-likeness (QED) is 0.383. The minimum absolute atomic E-state index is 0.0492. The van der Waals surface area contributed by atoms with Crippen molar-refractivity contribution in [1.29, 1.82) is 0 Å². The lowest BCUT2D eigenvalue weighted by Gasteiger charge is -2.48. The predicted molar refractivity (Wildman–Crippen MR) is 172 cm³/mol. The maximum Gasteiger partial charge on any atom is 0.264 e. The zero-order valence-electron chi connectivity index (χ0n) is 25.0. The lowest BCUT2D eigenvalue weighted by molar-refractivity contribution is -0.125. The van der Waals surface area contributed by atoms with Crippen molar-refractivity contribution in [3.8, 4) is 5.75 Å². The normalized spacial score (nSPS) is 29.8. The number of hydrogen-bond donors (Lipinski definition) is 2. The highest BCUT2D eigenvalue weighted by Gasteiger charge is 2.46. The molecule has 2 aromatic rings. The van der Waals surface area contributed by atoms with Crippen LogP contribution in [-0.2, 0) is 26.6 Å². The van der Waals surface area contributed by atoms with E-state index in [1.54, 1.807) is 24.3 Å². The van der Waals surface area contributed by atoms with E-state index < -0.39 is 21.5 Å². The molecule has 2 aliphatic heterocycles. The van der Waals surface area contributed by atoms with Crippen LogP contribution in [0.15, 0.2) is 61.7 Å². The number of aryl methyl sites for hydroxylation is 1. The molecule has 2 heterocycles. The number of amides is 1. The molecule has 2 aromatic carbocycles.